The van der Waals surface area contributed by atoms with E-state index in [1.807, 2.05) is 0 Å². The van der Waals surface area contributed by atoms with Crippen LogP contribution in [0.3, 0.4) is 0 Å². The molecule has 0 atom stereocenters. The molecule has 0 fully saturated rings. The molecule has 100 valence electrons. The van der Waals surface area contributed by atoms with Crippen molar-refractivity contribution in [2.24, 2.45) is 0 Å². The van der Waals surface area contributed by atoms with Crippen LogP contribution in [0.4, 0.5) is 0 Å². The van der Waals surface area contributed by atoms with E-state index >= 15 is 0 Å². The molecule has 0 amide bonds. The van der Waals surface area contributed by atoms with Crippen LogP contribution in [0.2, 0.25) is 0 Å². The molecule has 1 heterocycles. The smallest absolute Gasteiger partial charge is 0.305 e. The lowest BCUT2D eigenvalue weighted by Gasteiger charge is -2.23. The number of hydrogen-bond donors (Lipinski definition) is 2. The molecule has 0 saturated heterocycles. The van der Waals surface area contributed by atoms with Crippen LogP contribution in [0, 0.1) is 0 Å². The van der Waals surface area contributed by atoms with E-state index < -0.39 is 21.5 Å². The predicted molar refractivity (Wildman–Crippen MR) is 68.6 cm³/mol. The molecule has 2 N–H and O–H groups in total. The second-order valence-corrected chi connectivity index (χ2v) is 7.00. The molecule has 1 aromatic rings. The molecule has 1 aromatic heterocycles. The number of carbonyl (C=O) groups is 1. The quantitative estimate of drug-likeness (QED) is 0.846. The van der Waals surface area contributed by atoms with Gasteiger partial charge in [-0.05, 0) is 35.8 Å². The minimum atomic E-state index is -3.79. The third-order valence-corrected chi connectivity index (χ3v) is 4.09. The van der Waals surface area contributed by atoms with Crippen molar-refractivity contribution < 1.29 is 18.3 Å². The second-order valence-electron chi connectivity index (χ2n) is 4.40. The van der Waals surface area contributed by atoms with Crippen molar-refractivity contribution in [1.82, 2.24) is 9.71 Å². The van der Waals surface area contributed by atoms with Crippen LogP contribution in [0.25, 0.3) is 0 Å². The number of nitrogens with zero attached hydrogens (tertiary/aromatic N) is 1. The summed E-state index contributed by atoms with van der Waals surface area (Å²) in [5.41, 5.74) is -1.08. The average Bonchev–Trinajstić information content (AvgIpc) is 2.13. The van der Waals surface area contributed by atoms with Gasteiger partial charge in [0.2, 0.25) is 10.0 Å². The van der Waals surface area contributed by atoms with Gasteiger partial charge in [0.05, 0.1) is 6.42 Å². The molecule has 0 unspecified atom stereocenters. The van der Waals surface area contributed by atoms with Gasteiger partial charge in [-0.15, -0.1) is 0 Å². The van der Waals surface area contributed by atoms with Crippen molar-refractivity contribution in [2.45, 2.75) is 30.7 Å². The molecule has 0 aliphatic heterocycles. The van der Waals surface area contributed by atoms with Gasteiger partial charge in [-0.25, -0.2) is 13.1 Å². The standard InChI is InChI=1S/C10H13BrN2O4S/c1-10(2,4-9(14)15)13-18(16,17)8-3-7(11)5-12-6-8/h3,5-6,13H,4H2,1-2H3,(H,14,15). The van der Waals surface area contributed by atoms with E-state index in [1.165, 1.54) is 32.3 Å². The summed E-state index contributed by atoms with van der Waals surface area (Å²) in [5, 5.41) is 8.71. The highest BCUT2D eigenvalue weighted by molar-refractivity contribution is 9.10. The zero-order valence-corrected chi connectivity index (χ0v) is 12.2. The van der Waals surface area contributed by atoms with Crippen LogP contribution in [0.5, 0.6) is 0 Å². The van der Waals surface area contributed by atoms with Gasteiger partial charge in [0.15, 0.2) is 0 Å². The number of carboxylic acids is 1. The molecule has 0 radical (unpaired) electrons. The number of hydrogen-bond acceptors (Lipinski definition) is 4. The average molecular weight is 337 g/mol. The molecular weight excluding hydrogens is 324 g/mol. The predicted octanol–water partition coefficient (Wildman–Crippen LogP) is 1.38. The van der Waals surface area contributed by atoms with E-state index in [0.29, 0.717) is 4.47 Å². The molecule has 0 saturated carbocycles. The Balaban J connectivity index is 2.99. The zero-order chi connectivity index (χ0) is 14.0. The zero-order valence-electron chi connectivity index (χ0n) is 9.84. The summed E-state index contributed by atoms with van der Waals surface area (Å²) < 4.78 is 26.9. The SMILES string of the molecule is CC(C)(CC(=O)O)NS(=O)(=O)c1cncc(Br)c1. The van der Waals surface area contributed by atoms with Gasteiger partial charge in [0.25, 0.3) is 0 Å². The van der Waals surface area contributed by atoms with E-state index in [2.05, 4.69) is 25.6 Å². The molecule has 0 aromatic carbocycles. The summed E-state index contributed by atoms with van der Waals surface area (Å²) in [5.74, 6) is -1.07. The van der Waals surface area contributed by atoms with E-state index in [4.69, 9.17) is 5.11 Å². The maximum absolute atomic E-state index is 12.0. The number of sulfonamides is 1. The normalized spacial score (nSPS) is 12.4. The topological polar surface area (TPSA) is 96.4 Å². The molecule has 0 spiro atoms. The summed E-state index contributed by atoms with van der Waals surface area (Å²) in [6, 6.07) is 1.40. The Kier molecular flexibility index (Phi) is 4.46. The van der Waals surface area contributed by atoms with E-state index in [-0.39, 0.29) is 11.3 Å². The monoisotopic (exact) mass is 336 g/mol. The largest absolute Gasteiger partial charge is 0.481 e. The third kappa shape index (κ3) is 4.35. The Labute approximate surface area is 114 Å². The summed E-state index contributed by atoms with van der Waals surface area (Å²) in [6.45, 7) is 3.01. The molecule has 0 aliphatic rings. The fourth-order valence-electron chi connectivity index (χ4n) is 1.38. The van der Waals surface area contributed by atoms with Crippen molar-refractivity contribution in [3.05, 3.63) is 22.9 Å². The number of aliphatic carboxylic acids is 1. The maximum Gasteiger partial charge on any atom is 0.305 e. The lowest BCUT2D eigenvalue weighted by molar-refractivity contribution is -0.138. The Bertz CT molecular complexity index is 557. The molecule has 8 heteroatoms. The van der Waals surface area contributed by atoms with E-state index in [9.17, 15) is 13.2 Å². The first-order valence-corrected chi connectivity index (χ1v) is 7.26. The fourth-order valence-corrected chi connectivity index (χ4v) is 3.29. The lowest BCUT2D eigenvalue weighted by Crippen LogP contribution is -2.44. The number of nitrogens with one attached hydrogen (secondary N) is 1. The minimum Gasteiger partial charge on any atom is -0.481 e. The van der Waals surface area contributed by atoms with Crippen LogP contribution in [0.1, 0.15) is 20.3 Å². The lowest BCUT2D eigenvalue weighted by atomic mass is 10.0. The first-order chi connectivity index (χ1) is 8.12. The van der Waals surface area contributed by atoms with Crippen molar-refractivity contribution in [3.8, 4) is 0 Å². The summed E-state index contributed by atoms with van der Waals surface area (Å²) in [6.07, 6.45) is 2.35. The van der Waals surface area contributed by atoms with Gasteiger partial charge >= 0.3 is 5.97 Å². The maximum atomic E-state index is 12.0. The van der Waals surface area contributed by atoms with Crippen molar-refractivity contribution in [1.29, 1.82) is 0 Å². The highest BCUT2D eigenvalue weighted by Gasteiger charge is 2.28. The molecular formula is C10H13BrN2O4S. The highest BCUT2D eigenvalue weighted by atomic mass is 79.9. The molecule has 0 aliphatic carbocycles. The summed E-state index contributed by atoms with van der Waals surface area (Å²) in [4.78, 5) is 14.4. The number of rotatable bonds is 5. The van der Waals surface area contributed by atoms with Gasteiger partial charge < -0.3 is 5.11 Å². The number of aromatic nitrogens is 1. The van der Waals surface area contributed by atoms with Crippen LogP contribution in [0.15, 0.2) is 27.8 Å². The van der Waals surface area contributed by atoms with E-state index in [0.717, 1.165) is 0 Å². The van der Waals surface area contributed by atoms with Crippen molar-refractivity contribution in [2.75, 3.05) is 0 Å². The van der Waals surface area contributed by atoms with Crippen molar-refractivity contribution >= 4 is 31.9 Å². The first kappa shape index (κ1) is 15.1. The van der Waals surface area contributed by atoms with Gasteiger partial charge in [0.1, 0.15) is 4.90 Å². The summed E-state index contributed by atoms with van der Waals surface area (Å²) in [7, 11) is -3.79. The van der Waals surface area contributed by atoms with Crippen LogP contribution < -0.4 is 4.72 Å². The number of halogens is 1. The molecule has 0 bridgehead atoms. The van der Waals surface area contributed by atoms with Crippen LogP contribution >= 0.6 is 15.9 Å². The van der Waals surface area contributed by atoms with Gasteiger partial charge in [-0.1, -0.05) is 0 Å². The second kappa shape index (κ2) is 5.33. The molecule has 1 rings (SSSR count). The molecule has 6 nitrogen and oxygen atoms in total. The third-order valence-electron chi connectivity index (χ3n) is 1.99. The van der Waals surface area contributed by atoms with Gasteiger partial charge in [0, 0.05) is 22.4 Å². The minimum absolute atomic E-state index is 0.0182. The Morgan fingerprint density at radius 2 is 2.11 bits per heavy atom. The highest BCUT2D eigenvalue weighted by Crippen LogP contribution is 2.18. The Morgan fingerprint density at radius 1 is 1.50 bits per heavy atom. The Morgan fingerprint density at radius 3 is 2.61 bits per heavy atom. The van der Waals surface area contributed by atoms with Gasteiger partial charge in [-0.2, -0.15) is 0 Å². The summed E-state index contributed by atoms with van der Waals surface area (Å²) >= 11 is 3.13. The van der Waals surface area contributed by atoms with Gasteiger partial charge in [-0.3, -0.25) is 9.78 Å². The van der Waals surface area contributed by atoms with E-state index in [1.54, 1.807) is 0 Å². The van der Waals surface area contributed by atoms with Crippen LogP contribution in [-0.4, -0.2) is 30.0 Å². The number of pyridine rings is 1. The number of carboxylic acid groups (broad SMARTS) is 1. The Hall–Kier alpha value is -0.990. The first-order valence-electron chi connectivity index (χ1n) is 4.99. The molecule has 18 heavy (non-hydrogen) atoms. The van der Waals surface area contributed by atoms with Crippen molar-refractivity contribution in [3.63, 3.8) is 0 Å². The fraction of sp³-hybridized carbons (Fsp3) is 0.400. The van der Waals surface area contributed by atoms with Crippen LogP contribution in [-0.2, 0) is 14.8 Å².